The normalized spacial score (nSPS) is 18.2. The number of hydrogen-bond acceptors (Lipinski definition) is 5. The number of carbonyl (C=O) groups is 1. The van der Waals surface area contributed by atoms with Crippen molar-refractivity contribution in [3.63, 3.8) is 0 Å². The summed E-state index contributed by atoms with van der Waals surface area (Å²) in [6, 6.07) is 3.57. The fourth-order valence-corrected chi connectivity index (χ4v) is 3.02. The van der Waals surface area contributed by atoms with Crippen molar-refractivity contribution in [2.24, 2.45) is 0 Å². The number of hydrogen-bond donors (Lipinski definition) is 2. The minimum absolute atomic E-state index is 0.0140. The Morgan fingerprint density at radius 2 is 2.14 bits per heavy atom. The van der Waals surface area contributed by atoms with E-state index in [0.717, 1.165) is 31.5 Å². The van der Waals surface area contributed by atoms with Crippen molar-refractivity contribution in [2.45, 2.75) is 38.2 Å². The van der Waals surface area contributed by atoms with E-state index in [2.05, 4.69) is 10.5 Å². The number of nitrogens with zero attached hydrogens (tertiary/aromatic N) is 2. The molecule has 28 heavy (non-hydrogen) atoms. The molecule has 1 aromatic heterocycles. The van der Waals surface area contributed by atoms with Crippen LogP contribution in [0.4, 0.5) is 17.6 Å². The molecule has 0 spiro atoms. The second-order valence-electron chi connectivity index (χ2n) is 6.70. The lowest BCUT2D eigenvalue weighted by Gasteiger charge is -2.28. The zero-order valence-electron chi connectivity index (χ0n) is 14.8. The van der Waals surface area contributed by atoms with Crippen molar-refractivity contribution in [2.75, 3.05) is 13.1 Å². The highest BCUT2D eigenvalue weighted by Crippen LogP contribution is 2.30. The molecule has 1 atom stereocenters. The first kappa shape index (κ1) is 20.3. The molecule has 2 aromatic rings. The topological polar surface area (TPSA) is 78.6 Å². The summed E-state index contributed by atoms with van der Waals surface area (Å²) in [5.74, 6) is -1.24. The second kappa shape index (κ2) is 8.27. The maximum Gasteiger partial charge on any atom is 0.416 e. The molecule has 1 amide bonds. The third kappa shape index (κ3) is 5.08. The van der Waals surface area contributed by atoms with E-state index >= 15 is 0 Å². The molecule has 1 saturated heterocycles. The van der Waals surface area contributed by atoms with E-state index in [1.165, 1.54) is 6.07 Å². The molecule has 10 heteroatoms. The number of alkyl halides is 3. The summed E-state index contributed by atoms with van der Waals surface area (Å²) in [5.41, 5.74) is -1.18. The highest BCUT2D eigenvalue weighted by atomic mass is 19.4. The van der Waals surface area contributed by atoms with E-state index in [0.29, 0.717) is 24.9 Å². The summed E-state index contributed by atoms with van der Waals surface area (Å²) in [4.78, 5) is 14.1. The lowest BCUT2D eigenvalue weighted by Crippen LogP contribution is -2.37. The van der Waals surface area contributed by atoms with Gasteiger partial charge in [-0.25, -0.2) is 4.39 Å². The fourth-order valence-electron chi connectivity index (χ4n) is 3.02. The summed E-state index contributed by atoms with van der Waals surface area (Å²) in [7, 11) is 0. The maximum atomic E-state index is 13.8. The van der Waals surface area contributed by atoms with Gasteiger partial charge in [0, 0.05) is 24.7 Å². The Morgan fingerprint density at radius 3 is 2.82 bits per heavy atom. The van der Waals surface area contributed by atoms with Crippen molar-refractivity contribution >= 4 is 5.91 Å². The third-order valence-corrected chi connectivity index (χ3v) is 4.47. The average Bonchev–Trinajstić information content (AvgIpc) is 3.08. The standard InChI is InChI=1S/C18H19F4N3O3/c19-15-6-12(18(20,21)22)4-3-11(15)8-23-17(27)16-7-14(28-24-16)10-25-5-1-2-13(26)9-25/h3-4,6-7,13,26H,1-2,5,8-10H2,(H,23,27). The molecule has 1 aliphatic rings. The van der Waals surface area contributed by atoms with Crippen LogP contribution in [0.15, 0.2) is 28.8 Å². The molecule has 0 aliphatic carbocycles. The number of nitrogens with one attached hydrogen (secondary N) is 1. The van der Waals surface area contributed by atoms with Crippen molar-refractivity contribution in [1.82, 2.24) is 15.4 Å². The molecule has 1 fully saturated rings. The van der Waals surface area contributed by atoms with Gasteiger partial charge in [0.05, 0.1) is 18.2 Å². The molecular weight excluding hydrogens is 382 g/mol. The Labute approximate surface area is 158 Å². The van der Waals surface area contributed by atoms with Crippen molar-refractivity contribution < 1.29 is 32.0 Å². The first-order valence-corrected chi connectivity index (χ1v) is 8.72. The van der Waals surface area contributed by atoms with Crippen molar-refractivity contribution in [3.05, 3.63) is 52.7 Å². The lowest BCUT2D eigenvalue weighted by atomic mass is 10.1. The molecule has 0 bridgehead atoms. The molecule has 0 radical (unpaired) electrons. The van der Waals surface area contributed by atoms with E-state index in [4.69, 9.17) is 4.52 Å². The lowest BCUT2D eigenvalue weighted by molar-refractivity contribution is -0.137. The van der Waals surface area contributed by atoms with Gasteiger partial charge in [0.2, 0.25) is 0 Å². The number of likely N-dealkylation sites (tertiary alicyclic amines) is 1. The molecule has 2 N–H and O–H groups in total. The summed E-state index contributed by atoms with van der Waals surface area (Å²) < 4.78 is 56.6. The minimum atomic E-state index is -4.63. The van der Waals surface area contributed by atoms with Gasteiger partial charge < -0.3 is 14.9 Å². The van der Waals surface area contributed by atoms with E-state index in [9.17, 15) is 27.5 Å². The molecular formula is C18H19F4N3O3. The van der Waals surface area contributed by atoms with E-state index in [1.807, 2.05) is 4.90 Å². The van der Waals surface area contributed by atoms with Gasteiger partial charge in [-0.15, -0.1) is 0 Å². The molecule has 1 aromatic carbocycles. The van der Waals surface area contributed by atoms with Gasteiger partial charge in [-0.2, -0.15) is 13.2 Å². The van der Waals surface area contributed by atoms with Gasteiger partial charge in [-0.3, -0.25) is 9.69 Å². The zero-order valence-corrected chi connectivity index (χ0v) is 14.8. The van der Waals surface area contributed by atoms with Crippen molar-refractivity contribution in [3.8, 4) is 0 Å². The summed E-state index contributed by atoms with van der Waals surface area (Å²) in [5, 5.41) is 15.7. The first-order valence-electron chi connectivity index (χ1n) is 8.72. The van der Waals surface area contributed by atoms with Crippen LogP contribution >= 0.6 is 0 Å². The molecule has 6 nitrogen and oxygen atoms in total. The van der Waals surface area contributed by atoms with Crippen LogP contribution in [0, 0.1) is 5.82 Å². The number of amides is 1. The highest BCUT2D eigenvalue weighted by Gasteiger charge is 2.31. The predicted molar refractivity (Wildman–Crippen MR) is 89.6 cm³/mol. The van der Waals surface area contributed by atoms with Crippen LogP contribution in [-0.4, -0.2) is 40.3 Å². The molecule has 152 valence electrons. The largest absolute Gasteiger partial charge is 0.416 e. The molecule has 1 unspecified atom stereocenters. The number of β-amino-alcohol motifs (C(OH)–C–C–N with tert-alkyl or cyclic N) is 1. The number of halogens is 4. The minimum Gasteiger partial charge on any atom is -0.392 e. The molecule has 2 heterocycles. The van der Waals surface area contributed by atoms with Crippen LogP contribution in [0.25, 0.3) is 0 Å². The number of piperidine rings is 1. The van der Waals surface area contributed by atoms with E-state index in [-0.39, 0.29) is 17.8 Å². The van der Waals surface area contributed by atoms with Crippen LogP contribution in [0.2, 0.25) is 0 Å². The van der Waals surface area contributed by atoms with Gasteiger partial charge in [0.15, 0.2) is 11.5 Å². The van der Waals surface area contributed by atoms with Crippen LogP contribution in [0.1, 0.15) is 40.2 Å². The second-order valence-corrected chi connectivity index (χ2v) is 6.70. The zero-order chi connectivity index (χ0) is 20.3. The molecule has 3 rings (SSSR count). The highest BCUT2D eigenvalue weighted by molar-refractivity contribution is 5.92. The Bertz CT molecular complexity index is 838. The summed E-state index contributed by atoms with van der Waals surface area (Å²) >= 11 is 0. The number of carbonyl (C=O) groups excluding carboxylic acids is 1. The Hall–Kier alpha value is -2.46. The number of aliphatic hydroxyl groups excluding tert-OH is 1. The Kier molecular flexibility index (Phi) is 5.99. The van der Waals surface area contributed by atoms with Crippen LogP contribution in [0.5, 0.6) is 0 Å². The third-order valence-electron chi connectivity index (χ3n) is 4.47. The van der Waals surface area contributed by atoms with Gasteiger partial charge >= 0.3 is 6.18 Å². The number of rotatable bonds is 5. The fraction of sp³-hybridized carbons (Fsp3) is 0.444. The first-order chi connectivity index (χ1) is 13.2. The smallest absolute Gasteiger partial charge is 0.392 e. The summed E-state index contributed by atoms with van der Waals surface area (Å²) in [6.45, 7) is 1.41. The monoisotopic (exact) mass is 401 g/mol. The molecule has 0 saturated carbocycles. The number of benzene rings is 1. The predicted octanol–water partition coefficient (Wildman–Crippen LogP) is 2.72. The van der Waals surface area contributed by atoms with E-state index < -0.39 is 29.6 Å². The van der Waals surface area contributed by atoms with E-state index in [1.54, 1.807) is 0 Å². The van der Waals surface area contributed by atoms with Crippen molar-refractivity contribution in [1.29, 1.82) is 0 Å². The van der Waals surface area contributed by atoms with Crippen LogP contribution < -0.4 is 5.32 Å². The van der Waals surface area contributed by atoms with Gasteiger partial charge in [-0.1, -0.05) is 11.2 Å². The van der Waals surface area contributed by atoms with Crippen LogP contribution in [-0.2, 0) is 19.3 Å². The Balaban J connectivity index is 1.56. The SMILES string of the molecule is O=C(NCc1ccc(C(F)(F)F)cc1F)c1cc(CN2CCCC(O)C2)on1. The molecule has 1 aliphatic heterocycles. The van der Waals surface area contributed by atoms with Gasteiger partial charge in [-0.05, 0) is 31.5 Å². The van der Waals surface area contributed by atoms with Gasteiger partial charge in [0.1, 0.15) is 5.82 Å². The quantitative estimate of drug-likeness (QED) is 0.754. The number of aromatic nitrogens is 1. The Morgan fingerprint density at radius 1 is 1.36 bits per heavy atom. The van der Waals surface area contributed by atoms with Crippen LogP contribution in [0.3, 0.4) is 0 Å². The van der Waals surface area contributed by atoms with Gasteiger partial charge in [0.25, 0.3) is 5.91 Å². The summed E-state index contributed by atoms with van der Waals surface area (Å²) in [6.07, 6.45) is -3.41. The average molecular weight is 401 g/mol. The maximum absolute atomic E-state index is 13.8. The number of aliphatic hydroxyl groups is 1.